The van der Waals surface area contributed by atoms with Crippen molar-refractivity contribution < 1.29 is 18.7 Å². The summed E-state index contributed by atoms with van der Waals surface area (Å²) < 4.78 is 19.2. The fourth-order valence-electron chi connectivity index (χ4n) is 3.39. The van der Waals surface area contributed by atoms with Crippen LogP contribution < -0.4 is 10.1 Å². The highest BCUT2D eigenvalue weighted by molar-refractivity contribution is 5.90. The van der Waals surface area contributed by atoms with Crippen molar-refractivity contribution in [1.29, 1.82) is 0 Å². The van der Waals surface area contributed by atoms with Gasteiger partial charge in [-0.1, -0.05) is 6.07 Å². The molecular formula is C18H24FN3O3. The van der Waals surface area contributed by atoms with Crippen LogP contribution in [-0.4, -0.2) is 60.9 Å². The lowest BCUT2D eigenvalue weighted by atomic mass is 10.2. The molecule has 0 aromatic heterocycles. The monoisotopic (exact) mass is 349 g/mol. The first-order valence-electron chi connectivity index (χ1n) is 8.70. The summed E-state index contributed by atoms with van der Waals surface area (Å²) in [6.07, 6.45) is 1.84. The molecule has 0 spiro atoms. The number of benzene rings is 1. The van der Waals surface area contributed by atoms with Crippen LogP contribution in [0.5, 0.6) is 5.75 Å². The number of amides is 2. The predicted octanol–water partition coefficient (Wildman–Crippen LogP) is 1.15. The number of carbonyl (C=O) groups excluding carboxylic acids is 2. The smallest absolute Gasteiger partial charge is 0.245 e. The molecule has 2 heterocycles. The van der Waals surface area contributed by atoms with Gasteiger partial charge in [-0.05, 0) is 18.9 Å². The summed E-state index contributed by atoms with van der Waals surface area (Å²) in [5.74, 6) is 0.186. The van der Waals surface area contributed by atoms with E-state index in [1.807, 2.05) is 4.90 Å². The molecule has 6 nitrogen and oxygen atoms in total. The average Bonchev–Trinajstić information content (AvgIpc) is 2.91. The fraction of sp³-hybridized carbons (Fsp3) is 0.556. The van der Waals surface area contributed by atoms with E-state index >= 15 is 0 Å². The molecule has 0 aliphatic carbocycles. The van der Waals surface area contributed by atoms with Crippen molar-refractivity contribution in [3.8, 4) is 5.75 Å². The lowest BCUT2D eigenvalue weighted by Gasteiger charge is -2.24. The largest absolute Gasteiger partial charge is 0.497 e. The molecule has 2 amide bonds. The zero-order valence-corrected chi connectivity index (χ0v) is 14.5. The van der Waals surface area contributed by atoms with Crippen LogP contribution in [0.3, 0.4) is 0 Å². The third kappa shape index (κ3) is 4.28. The molecule has 2 aliphatic heterocycles. The molecule has 0 radical (unpaired) electrons. The number of nitrogens with zero attached hydrogens (tertiary/aromatic N) is 2. The molecule has 0 saturated carbocycles. The Labute approximate surface area is 146 Å². The van der Waals surface area contributed by atoms with Gasteiger partial charge < -0.3 is 15.0 Å². The Morgan fingerprint density at radius 1 is 1.32 bits per heavy atom. The van der Waals surface area contributed by atoms with Crippen molar-refractivity contribution in [3.05, 3.63) is 29.6 Å². The molecule has 2 aliphatic rings. The second kappa shape index (κ2) is 7.82. The minimum Gasteiger partial charge on any atom is -0.497 e. The Morgan fingerprint density at radius 3 is 2.84 bits per heavy atom. The molecule has 1 aromatic rings. The van der Waals surface area contributed by atoms with E-state index in [0.717, 1.165) is 13.0 Å². The lowest BCUT2D eigenvalue weighted by Crippen LogP contribution is -2.45. The number of carbonyl (C=O) groups is 2. The number of methoxy groups -OCH3 is 1. The van der Waals surface area contributed by atoms with Gasteiger partial charge in [-0.25, -0.2) is 4.39 Å². The first-order chi connectivity index (χ1) is 12.1. The normalized spacial score (nSPS) is 21.8. The van der Waals surface area contributed by atoms with Crippen LogP contribution >= 0.6 is 0 Å². The molecule has 2 saturated heterocycles. The quantitative estimate of drug-likeness (QED) is 0.886. The van der Waals surface area contributed by atoms with E-state index in [2.05, 4.69) is 10.2 Å². The summed E-state index contributed by atoms with van der Waals surface area (Å²) >= 11 is 0. The van der Waals surface area contributed by atoms with Crippen molar-refractivity contribution in [2.24, 2.45) is 0 Å². The molecule has 1 unspecified atom stereocenters. The molecule has 3 rings (SSSR count). The van der Waals surface area contributed by atoms with Gasteiger partial charge in [-0.15, -0.1) is 0 Å². The number of ether oxygens (including phenoxy) is 1. The van der Waals surface area contributed by atoms with E-state index < -0.39 is 0 Å². The number of halogens is 1. The Morgan fingerprint density at radius 2 is 2.16 bits per heavy atom. The van der Waals surface area contributed by atoms with Crippen LogP contribution in [0.2, 0.25) is 0 Å². The molecule has 7 heteroatoms. The molecular weight excluding hydrogens is 325 g/mol. The van der Waals surface area contributed by atoms with Crippen molar-refractivity contribution in [3.63, 3.8) is 0 Å². The van der Waals surface area contributed by atoms with Crippen molar-refractivity contribution in [2.75, 3.05) is 33.3 Å². The van der Waals surface area contributed by atoms with Gasteiger partial charge in [-0.3, -0.25) is 14.5 Å². The van der Waals surface area contributed by atoms with Crippen LogP contribution in [0.1, 0.15) is 24.8 Å². The van der Waals surface area contributed by atoms with Gasteiger partial charge in [0.25, 0.3) is 0 Å². The van der Waals surface area contributed by atoms with Crippen LogP contribution in [0.4, 0.5) is 4.39 Å². The number of nitrogens with one attached hydrogen (secondary N) is 1. The minimum absolute atomic E-state index is 0.00308. The summed E-state index contributed by atoms with van der Waals surface area (Å²) in [6.45, 7) is 3.29. The van der Waals surface area contributed by atoms with Crippen LogP contribution in [0.15, 0.2) is 18.2 Å². The standard InChI is InChI=1S/C18H24FN3O3/c1-25-14-4-3-13(15(19)11-14)12-21-7-2-8-22(10-9-21)18(24)16-5-6-17(23)20-16/h3-4,11,16H,2,5-10,12H2,1H3,(H,20,23). The SMILES string of the molecule is COc1ccc(CN2CCCN(C(=O)C3CCC(=O)N3)CC2)c(F)c1. The van der Waals surface area contributed by atoms with Gasteiger partial charge in [0.05, 0.1) is 7.11 Å². The maximum Gasteiger partial charge on any atom is 0.245 e. The van der Waals surface area contributed by atoms with Crippen molar-refractivity contribution >= 4 is 11.8 Å². The van der Waals surface area contributed by atoms with Crippen LogP contribution in [0.25, 0.3) is 0 Å². The van der Waals surface area contributed by atoms with Gasteiger partial charge >= 0.3 is 0 Å². The summed E-state index contributed by atoms with van der Waals surface area (Å²) in [6, 6.07) is 4.52. The second-order valence-electron chi connectivity index (χ2n) is 6.57. The highest BCUT2D eigenvalue weighted by Crippen LogP contribution is 2.19. The van der Waals surface area contributed by atoms with Crippen molar-refractivity contribution in [1.82, 2.24) is 15.1 Å². The Kier molecular flexibility index (Phi) is 5.53. The zero-order valence-electron chi connectivity index (χ0n) is 14.5. The Hall–Kier alpha value is -2.15. The summed E-state index contributed by atoms with van der Waals surface area (Å²) in [5, 5.41) is 2.74. The van der Waals surface area contributed by atoms with Gasteiger partial charge in [0.2, 0.25) is 11.8 Å². The predicted molar refractivity (Wildman–Crippen MR) is 90.6 cm³/mol. The van der Waals surface area contributed by atoms with Gasteiger partial charge in [0, 0.05) is 50.8 Å². The maximum atomic E-state index is 14.1. The van der Waals surface area contributed by atoms with E-state index in [0.29, 0.717) is 50.3 Å². The second-order valence-corrected chi connectivity index (χ2v) is 6.57. The molecule has 2 fully saturated rings. The topological polar surface area (TPSA) is 61.9 Å². The van der Waals surface area contributed by atoms with Gasteiger partial charge in [0.15, 0.2) is 0 Å². The van der Waals surface area contributed by atoms with E-state index in [-0.39, 0.29) is 23.7 Å². The van der Waals surface area contributed by atoms with E-state index in [9.17, 15) is 14.0 Å². The third-order valence-corrected chi connectivity index (χ3v) is 4.85. The number of rotatable bonds is 4. The van der Waals surface area contributed by atoms with Crippen molar-refractivity contribution in [2.45, 2.75) is 31.8 Å². The first kappa shape index (κ1) is 17.7. The average molecular weight is 349 g/mol. The Bertz CT molecular complexity index is 652. The fourth-order valence-corrected chi connectivity index (χ4v) is 3.39. The maximum absolute atomic E-state index is 14.1. The summed E-state index contributed by atoms with van der Waals surface area (Å²) in [5.41, 5.74) is 0.628. The lowest BCUT2D eigenvalue weighted by molar-refractivity contribution is -0.134. The summed E-state index contributed by atoms with van der Waals surface area (Å²) in [4.78, 5) is 27.8. The zero-order chi connectivity index (χ0) is 17.8. The highest BCUT2D eigenvalue weighted by atomic mass is 19.1. The minimum atomic E-state index is -0.377. The number of hydrogen-bond acceptors (Lipinski definition) is 4. The van der Waals surface area contributed by atoms with E-state index in [1.165, 1.54) is 13.2 Å². The number of hydrogen-bond donors (Lipinski definition) is 1. The Balaban J connectivity index is 1.56. The van der Waals surface area contributed by atoms with Gasteiger partial charge in [-0.2, -0.15) is 0 Å². The first-order valence-corrected chi connectivity index (χ1v) is 8.70. The molecule has 0 bridgehead atoms. The summed E-state index contributed by atoms with van der Waals surface area (Å²) in [7, 11) is 1.52. The van der Waals surface area contributed by atoms with E-state index in [4.69, 9.17) is 4.74 Å². The molecule has 1 aromatic carbocycles. The third-order valence-electron chi connectivity index (χ3n) is 4.85. The molecule has 25 heavy (non-hydrogen) atoms. The van der Waals surface area contributed by atoms with E-state index in [1.54, 1.807) is 12.1 Å². The van der Waals surface area contributed by atoms with Crippen LogP contribution in [-0.2, 0) is 16.1 Å². The molecule has 136 valence electrons. The molecule has 1 N–H and O–H groups in total. The van der Waals surface area contributed by atoms with Gasteiger partial charge in [0.1, 0.15) is 17.6 Å². The highest BCUT2D eigenvalue weighted by Gasteiger charge is 2.31. The van der Waals surface area contributed by atoms with Crippen LogP contribution in [0, 0.1) is 5.82 Å². The molecule has 1 atom stereocenters.